The molecule has 3 aromatic rings. The first-order chi connectivity index (χ1) is 19.0. The molecule has 4 N–H and O–H groups in total. The van der Waals surface area contributed by atoms with Gasteiger partial charge in [-0.2, -0.15) is 0 Å². The van der Waals surface area contributed by atoms with Crippen LogP contribution in [-0.4, -0.2) is 34.7 Å². The van der Waals surface area contributed by atoms with Crippen molar-refractivity contribution in [3.8, 4) is 16.9 Å². The van der Waals surface area contributed by atoms with Gasteiger partial charge in [0.15, 0.2) is 0 Å². The minimum Gasteiger partial charge on any atom is -0.506 e. The molecular weight excluding hydrogens is 506 g/mol. The molecule has 212 valence electrons. The molecule has 0 heterocycles. The predicted octanol–water partition coefficient (Wildman–Crippen LogP) is 6.42. The van der Waals surface area contributed by atoms with Crippen molar-refractivity contribution in [3.05, 3.63) is 78.4 Å². The third-order valence-corrected chi connectivity index (χ3v) is 6.17. The normalized spacial score (nSPS) is 11.9. The molecule has 0 saturated heterocycles. The maximum atomic E-state index is 13.9. The number of hydrogen-bond acceptors (Lipinski definition) is 6. The number of nitrogens with zero attached hydrogens (tertiary/aromatic N) is 1. The van der Waals surface area contributed by atoms with Gasteiger partial charge in [0.1, 0.15) is 11.4 Å². The summed E-state index contributed by atoms with van der Waals surface area (Å²) in [5, 5.41) is 13.5. The van der Waals surface area contributed by atoms with Crippen LogP contribution in [0.25, 0.3) is 11.1 Å². The number of anilines is 2. The molecule has 0 aliphatic heterocycles. The molecule has 1 atom stereocenters. The Bertz CT molecular complexity index is 1300. The molecule has 0 aliphatic carbocycles. The Balaban J connectivity index is 2.15. The summed E-state index contributed by atoms with van der Waals surface area (Å²) in [5.74, 6) is -1.22. The summed E-state index contributed by atoms with van der Waals surface area (Å²) >= 11 is 0. The summed E-state index contributed by atoms with van der Waals surface area (Å²) in [6.45, 7) is 7.21. The highest BCUT2D eigenvalue weighted by atomic mass is 16.6. The van der Waals surface area contributed by atoms with E-state index in [2.05, 4.69) is 5.32 Å². The second kappa shape index (κ2) is 13.8. The van der Waals surface area contributed by atoms with Gasteiger partial charge in [0.2, 0.25) is 5.91 Å². The minimum absolute atomic E-state index is 0.0220. The molecule has 3 aromatic carbocycles. The third-order valence-electron chi connectivity index (χ3n) is 6.17. The predicted molar refractivity (Wildman–Crippen MR) is 158 cm³/mol. The van der Waals surface area contributed by atoms with Gasteiger partial charge in [-0.25, -0.2) is 9.69 Å². The zero-order valence-corrected chi connectivity index (χ0v) is 23.6. The highest BCUT2D eigenvalue weighted by Crippen LogP contribution is 2.43. The van der Waals surface area contributed by atoms with E-state index in [1.54, 1.807) is 45.0 Å². The molecule has 8 heteroatoms. The zero-order chi connectivity index (χ0) is 29.3. The number of rotatable bonds is 10. The number of nitrogens with two attached hydrogens (primary N) is 1. The Morgan fingerprint density at radius 3 is 2.17 bits per heavy atom. The monoisotopic (exact) mass is 545 g/mol. The first-order valence-corrected chi connectivity index (χ1v) is 13.6. The van der Waals surface area contributed by atoms with Crippen LogP contribution in [0.3, 0.4) is 0 Å². The van der Waals surface area contributed by atoms with Crippen LogP contribution in [0, 0.1) is 0 Å². The Labute approximate surface area is 236 Å². The van der Waals surface area contributed by atoms with Gasteiger partial charge >= 0.3 is 6.09 Å². The summed E-state index contributed by atoms with van der Waals surface area (Å²) in [6, 6.07) is 20.1. The number of aromatic hydroxyl groups is 1. The van der Waals surface area contributed by atoms with Crippen molar-refractivity contribution in [2.24, 2.45) is 5.73 Å². The molecule has 3 amide bonds. The van der Waals surface area contributed by atoms with Crippen molar-refractivity contribution >= 4 is 29.3 Å². The van der Waals surface area contributed by atoms with Gasteiger partial charge in [-0.15, -0.1) is 0 Å². The van der Waals surface area contributed by atoms with Gasteiger partial charge in [-0.3, -0.25) is 14.9 Å². The fourth-order valence-electron chi connectivity index (χ4n) is 4.33. The summed E-state index contributed by atoms with van der Waals surface area (Å²) in [7, 11) is 0. The summed E-state index contributed by atoms with van der Waals surface area (Å²) in [4.78, 5) is 41.5. The number of phenolic OH excluding ortho intramolecular Hbond substituents is 1. The zero-order valence-electron chi connectivity index (χ0n) is 23.6. The standard InChI is InChI=1S/C32H39N3O5/c1-5-6-9-18-27(37)35(30(38)24(33)21-22-14-10-7-11-15-22)25-19-20-26(36)29(34-31(39)40-32(2,3)4)28(25)23-16-12-8-13-17-23/h7-8,10-17,19-20,24,36H,5-6,9,18,21,33H2,1-4H3,(H,34,39)/t24-/m1/s1. The SMILES string of the molecule is CCCCCC(=O)N(C(=O)[C@H](N)Cc1ccccc1)c1ccc(O)c(NC(=O)OC(C)(C)C)c1-c1ccccc1. The molecule has 0 fully saturated rings. The third kappa shape index (κ3) is 8.16. The molecule has 40 heavy (non-hydrogen) atoms. The van der Waals surface area contributed by atoms with E-state index in [1.807, 2.05) is 43.3 Å². The van der Waals surface area contributed by atoms with Crippen molar-refractivity contribution in [2.45, 2.75) is 71.4 Å². The lowest BCUT2D eigenvalue weighted by atomic mass is 9.98. The van der Waals surface area contributed by atoms with Crippen molar-refractivity contribution in [2.75, 3.05) is 10.2 Å². The van der Waals surface area contributed by atoms with E-state index in [0.717, 1.165) is 23.3 Å². The Hall–Kier alpha value is -4.17. The molecule has 0 aliphatic rings. The number of carbonyl (C=O) groups excluding carboxylic acids is 3. The van der Waals surface area contributed by atoms with Crippen LogP contribution < -0.4 is 16.0 Å². The van der Waals surface area contributed by atoms with Crippen molar-refractivity contribution in [1.29, 1.82) is 0 Å². The van der Waals surface area contributed by atoms with E-state index in [-0.39, 0.29) is 30.0 Å². The number of benzene rings is 3. The number of phenols is 1. The lowest BCUT2D eigenvalue weighted by Crippen LogP contribution is -2.48. The van der Waals surface area contributed by atoms with Gasteiger partial charge < -0.3 is 15.6 Å². The van der Waals surface area contributed by atoms with Crippen LogP contribution in [0.5, 0.6) is 5.75 Å². The number of carbonyl (C=O) groups is 3. The molecule has 3 rings (SSSR count). The van der Waals surface area contributed by atoms with Gasteiger partial charge in [0.25, 0.3) is 5.91 Å². The molecular formula is C32H39N3O5. The Kier molecular flexibility index (Phi) is 10.4. The van der Waals surface area contributed by atoms with E-state index in [0.29, 0.717) is 17.5 Å². The van der Waals surface area contributed by atoms with Crippen molar-refractivity contribution in [3.63, 3.8) is 0 Å². The first kappa shape index (κ1) is 30.4. The van der Waals surface area contributed by atoms with Gasteiger partial charge in [-0.1, -0.05) is 80.4 Å². The van der Waals surface area contributed by atoms with E-state index in [9.17, 15) is 19.5 Å². The van der Waals surface area contributed by atoms with Crippen LogP contribution in [0.1, 0.15) is 58.9 Å². The number of nitrogens with one attached hydrogen (secondary N) is 1. The molecule has 0 saturated carbocycles. The topological polar surface area (TPSA) is 122 Å². The van der Waals surface area contributed by atoms with Crippen molar-refractivity contribution in [1.82, 2.24) is 0 Å². The highest BCUT2D eigenvalue weighted by Gasteiger charge is 2.32. The average molecular weight is 546 g/mol. The van der Waals surface area contributed by atoms with Crippen LogP contribution in [0.15, 0.2) is 72.8 Å². The number of amides is 3. The van der Waals surface area contributed by atoms with Crippen LogP contribution >= 0.6 is 0 Å². The maximum absolute atomic E-state index is 13.9. The largest absolute Gasteiger partial charge is 0.506 e. The fourth-order valence-corrected chi connectivity index (χ4v) is 4.33. The van der Waals surface area contributed by atoms with Crippen LogP contribution in [0.2, 0.25) is 0 Å². The number of imide groups is 1. The Morgan fingerprint density at radius 2 is 1.57 bits per heavy atom. The van der Waals surface area contributed by atoms with E-state index in [4.69, 9.17) is 10.5 Å². The van der Waals surface area contributed by atoms with Crippen LogP contribution in [0.4, 0.5) is 16.2 Å². The minimum atomic E-state index is -1.00. The second-order valence-electron chi connectivity index (χ2n) is 10.7. The Morgan fingerprint density at radius 1 is 0.950 bits per heavy atom. The average Bonchev–Trinajstić information content (AvgIpc) is 2.90. The number of hydrogen-bond donors (Lipinski definition) is 3. The number of unbranched alkanes of at least 4 members (excludes halogenated alkanes) is 2. The molecule has 0 unspecified atom stereocenters. The molecule has 0 bridgehead atoms. The van der Waals surface area contributed by atoms with Gasteiger partial charge in [0.05, 0.1) is 17.4 Å². The molecule has 0 radical (unpaired) electrons. The molecule has 0 spiro atoms. The van der Waals surface area contributed by atoms with Crippen molar-refractivity contribution < 1.29 is 24.2 Å². The van der Waals surface area contributed by atoms with E-state index < -0.39 is 29.6 Å². The summed E-state index contributed by atoms with van der Waals surface area (Å²) in [6.07, 6.45) is 1.94. The summed E-state index contributed by atoms with van der Waals surface area (Å²) < 4.78 is 5.42. The first-order valence-electron chi connectivity index (χ1n) is 13.6. The number of ether oxygens (including phenoxy) is 1. The van der Waals surface area contributed by atoms with E-state index in [1.165, 1.54) is 12.1 Å². The molecule has 0 aromatic heterocycles. The van der Waals surface area contributed by atoms with Gasteiger partial charge in [0, 0.05) is 12.0 Å². The van der Waals surface area contributed by atoms with Gasteiger partial charge in [-0.05, 0) is 56.9 Å². The van der Waals surface area contributed by atoms with Crippen LogP contribution in [-0.2, 0) is 20.7 Å². The lowest BCUT2D eigenvalue weighted by molar-refractivity contribution is -0.127. The molecule has 8 nitrogen and oxygen atoms in total. The van der Waals surface area contributed by atoms with E-state index >= 15 is 0 Å². The maximum Gasteiger partial charge on any atom is 0.412 e. The smallest absolute Gasteiger partial charge is 0.412 e. The lowest BCUT2D eigenvalue weighted by Gasteiger charge is -2.28. The second-order valence-corrected chi connectivity index (χ2v) is 10.7. The fraction of sp³-hybridized carbons (Fsp3) is 0.344. The summed E-state index contributed by atoms with van der Waals surface area (Å²) in [5.41, 5.74) is 7.60. The quantitative estimate of drug-likeness (QED) is 0.200. The highest BCUT2D eigenvalue weighted by molar-refractivity contribution is 6.19.